The molecule has 0 rings (SSSR count). The van der Waals surface area contributed by atoms with Crippen molar-refractivity contribution in [1.29, 1.82) is 0 Å². The van der Waals surface area contributed by atoms with Crippen LogP contribution in [0.2, 0.25) is 0 Å². The molecule has 0 nitrogen and oxygen atoms in total. The van der Waals surface area contributed by atoms with Crippen LogP contribution in [0.4, 0.5) is 0 Å². The minimum atomic E-state index is 0.884. The van der Waals surface area contributed by atoms with E-state index in [0.29, 0.717) is 0 Å². The normalized spacial score (nSPS) is 9.60. The second-order valence-electron chi connectivity index (χ2n) is 36.0. The molecule has 0 aromatic rings. The lowest BCUT2D eigenvalue weighted by molar-refractivity contribution is 0.626. The lowest BCUT2D eigenvalue weighted by Gasteiger charge is -1.90. The first-order valence-corrected chi connectivity index (χ1v) is 45.4. The quantitative estimate of drug-likeness (QED) is 0.114. The Balaban J connectivity index is -0.0000000374. The molecule has 0 atom stereocenters. The number of hydrogen-bond acceptors (Lipinski definition) is 0. The van der Waals surface area contributed by atoms with Crippen molar-refractivity contribution < 1.29 is 0 Å². The van der Waals surface area contributed by atoms with Crippen LogP contribution in [0.5, 0.6) is 0 Å². The fraction of sp³-hybridized carbons (Fsp3) is 1.00. The first-order chi connectivity index (χ1) is 45.4. The molecule has 0 aromatic heterocycles. The summed E-state index contributed by atoms with van der Waals surface area (Å²) in [7, 11) is 0. The van der Waals surface area contributed by atoms with Crippen LogP contribution in [-0.2, 0) is 0 Å². The third kappa shape index (κ3) is 576. The number of hydrogen-bond donors (Lipinski definition) is 0. The minimum Gasteiger partial charge on any atom is -0.0651 e. The molecule has 0 aliphatic heterocycles. The van der Waals surface area contributed by atoms with E-state index in [1.807, 2.05) is 0 Å². The molecule has 0 bridgehead atoms. The Morgan fingerprint density at radius 1 is 0.0700 bits per heavy atom. The SMILES string of the molecule is CCC(C)C.CCC(C)C.CCC(C)C.CCC(C)C.CCC(C)C.CCC(C)C.CCC(C)C.CCC(C)C.CCC(C)C.CCC(C)C.CCC(C)C.CCC(C)C.CCC(C)C.CCC(C)C.CCC(C)C.CCC(C)C.CCC(C)C.CCC(C)C.CCC(C)C.CCC(C)C. The molecule has 0 saturated heterocycles. The van der Waals surface area contributed by atoms with E-state index < -0.39 is 0 Å². The highest BCUT2D eigenvalue weighted by molar-refractivity contribution is 4.41. The molecule has 0 aromatic carbocycles. The minimum absolute atomic E-state index is 0.884. The molecular formula is C100H240. The van der Waals surface area contributed by atoms with Gasteiger partial charge in [-0.2, -0.15) is 0 Å². The molecule has 0 fully saturated rings. The molecule has 0 aliphatic rings. The highest BCUT2D eigenvalue weighted by Gasteiger charge is 1.88. The first kappa shape index (κ1) is 153. The lowest BCUT2D eigenvalue weighted by Crippen LogP contribution is -1.77. The van der Waals surface area contributed by atoms with Gasteiger partial charge in [-0.15, -0.1) is 0 Å². The zero-order valence-corrected chi connectivity index (χ0v) is 85.7. The summed E-state index contributed by atoms with van der Waals surface area (Å²) in [6.07, 6.45) is 26.1. The largest absolute Gasteiger partial charge is 0.0651 e. The van der Waals surface area contributed by atoms with Gasteiger partial charge in [-0.05, 0) is 118 Å². The van der Waals surface area contributed by atoms with Gasteiger partial charge in [0.05, 0.1) is 0 Å². The van der Waals surface area contributed by atoms with Crippen molar-refractivity contribution in [2.45, 2.75) is 544 Å². The average Bonchev–Trinajstić information content (AvgIpc) is 3.56. The maximum Gasteiger partial charge on any atom is -0.0474 e. The molecule has 0 aliphatic carbocycles. The van der Waals surface area contributed by atoms with Crippen molar-refractivity contribution in [3.63, 3.8) is 0 Å². The summed E-state index contributed by atoms with van der Waals surface area (Å²) in [4.78, 5) is 0. The van der Waals surface area contributed by atoms with E-state index in [4.69, 9.17) is 0 Å². The zero-order valence-electron chi connectivity index (χ0n) is 85.7. The summed E-state index contributed by atoms with van der Waals surface area (Å²) in [5.74, 6) is 17.7. The van der Waals surface area contributed by atoms with Crippen LogP contribution in [0.3, 0.4) is 0 Å². The van der Waals surface area contributed by atoms with E-state index in [1.165, 1.54) is 128 Å². The van der Waals surface area contributed by atoms with Crippen LogP contribution in [0.25, 0.3) is 0 Å². The Kier molecular flexibility index (Phi) is 228. The summed E-state index contributed by atoms with van der Waals surface area (Å²) >= 11 is 0. The van der Waals surface area contributed by atoms with Gasteiger partial charge in [-0.3, -0.25) is 0 Å². The maximum atomic E-state index is 2.22. The van der Waals surface area contributed by atoms with Crippen molar-refractivity contribution in [1.82, 2.24) is 0 Å². The van der Waals surface area contributed by atoms with Crippen LogP contribution in [0.15, 0.2) is 0 Å². The highest BCUT2D eigenvalue weighted by Crippen LogP contribution is 2.02. The van der Waals surface area contributed by atoms with Gasteiger partial charge in [0.25, 0.3) is 0 Å². The summed E-state index contributed by atoms with van der Waals surface area (Å²) in [6, 6.07) is 0. The van der Waals surface area contributed by atoms with Gasteiger partial charge in [0.2, 0.25) is 0 Å². The van der Waals surface area contributed by atoms with Crippen molar-refractivity contribution in [3.05, 3.63) is 0 Å². The molecule has 0 unspecified atom stereocenters. The molecule has 0 saturated carbocycles. The Morgan fingerprint density at radius 3 is 0.0800 bits per heavy atom. The van der Waals surface area contributed by atoms with Crippen LogP contribution in [0, 0.1) is 118 Å². The fourth-order valence-electron chi connectivity index (χ4n) is 0. The molecule has 0 N–H and O–H groups in total. The van der Waals surface area contributed by atoms with Crippen molar-refractivity contribution in [3.8, 4) is 0 Å². The van der Waals surface area contributed by atoms with Gasteiger partial charge in [-0.25, -0.2) is 0 Å². The maximum absolute atomic E-state index is 2.22. The summed E-state index contributed by atoms with van der Waals surface area (Å²) in [6.45, 7) is 133. The first-order valence-electron chi connectivity index (χ1n) is 45.4. The van der Waals surface area contributed by atoms with E-state index in [2.05, 4.69) is 415 Å². The average molecular weight is 1440 g/mol. The van der Waals surface area contributed by atoms with E-state index in [1.54, 1.807) is 0 Å². The lowest BCUT2D eigenvalue weighted by atomic mass is 10.2. The van der Waals surface area contributed by atoms with Crippen LogP contribution in [-0.4, -0.2) is 0 Å². The van der Waals surface area contributed by atoms with Crippen molar-refractivity contribution in [2.75, 3.05) is 0 Å². The second kappa shape index (κ2) is 149. The molecule has 640 valence electrons. The molecule has 0 heteroatoms. The third-order valence-electron chi connectivity index (χ3n) is 16.3. The smallest absolute Gasteiger partial charge is 0.0474 e. The van der Waals surface area contributed by atoms with E-state index >= 15 is 0 Å². The van der Waals surface area contributed by atoms with E-state index in [9.17, 15) is 0 Å². The molecule has 0 amide bonds. The Hall–Kier alpha value is 0. The topological polar surface area (TPSA) is 0 Å². The van der Waals surface area contributed by atoms with Gasteiger partial charge in [0.15, 0.2) is 0 Å². The van der Waals surface area contributed by atoms with Gasteiger partial charge in [0, 0.05) is 0 Å². The standard InChI is InChI=1S/20C5H12/c20*1-4-5(2)3/h20*5H,4H2,1-3H3. The second-order valence-corrected chi connectivity index (χ2v) is 36.0. The van der Waals surface area contributed by atoms with Gasteiger partial charge in [-0.1, -0.05) is 544 Å². The molecule has 0 heterocycles. The molecule has 100 heavy (non-hydrogen) atoms. The highest BCUT2D eigenvalue weighted by atomic mass is 13.9. The third-order valence-corrected chi connectivity index (χ3v) is 16.3. The number of rotatable bonds is 20. The van der Waals surface area contributed by atoms with E-state index in [-0.39, 0.29) is 0 Å². The summed E-state index contributed by atoms with van der Waals surface area (Å²) in [5.41, 5.74) is 0. The fourth-order valence-corrected chi connectivity index (χ4v) is 0. The molecular weight excluding hydrogens is 1200 g/mol. The zero-order chi connectivity index (χ0) is 85.7. The monoisotopic (exact) mass is 1440 g/mol. The predicted octanol–water partition coefficient (Wildman–Crippen LogP) is 41.0. The van der Waals surface area contributed by atoms with Crippen molar-refractivity contribution >= 4 is 0 Å². The predicted molar refractivity (Wildman–Crippen MR) is 503 cm³/mol. The summed E-state index contributed by atoms with van der Waals surface area (Å²) in [5, 5.41) is 0. The molecule has 0 spiro atoms. The Bertz CT molecular complexity index is 626. The van der Waals surface area contributed by atoms with Crippen molar-refractivity contribution in [2.24, 2.45) is 118 Å². The Labute approximate surface area is 658 Å². The van der Waals surface area contributed by atoms with Gasteiger partial charge < -0.3 is 0 Å². The van der Waals surface area contributed by atoms with Gasteiger partial charge >= 0.3 is 0 Å². The van der Waals surface area contributed by atoms with Gasteiger partial charge in [0.1, 0.15) is 0 Å². The van der Waals surface area contributed by atoms with E-state index in [0.717, 1.165) is 118 Å². The summed E-state index contributed by atoms with van der Waals surface area (Å²) < 4.78 is 0. The van der Waals surface area contributed by atoms with Crippen LogP contribution < -0.4 is 0 Å². The van der Waals surface area contributed by atoms with Crippen LogP contribution >= 0.6 is 0 Å². The molecule has 0 radical (unpaired) electrons. The Morgan fingerprint density at radius 2 is 0.0800 bits per heavy atom. The van der Waals surface area contributed by atoms with Crippen LogP contribution in [0.1, 0.15) is 544 Å².